The molecule has 4 heterocycles. The zero-order valence-corrected chi connectivity index (χ0v) is 16.2. The highest BCUT2D eigenvalue weighted by atomic mass is 35.5. The van der Waals surface area contributed by atoms with Crippen LogP contribution in [0.2, 0.25) is 5.15 Å². The van der Waals surface area contributed by atoms with Crippen molar-refractivity contribution in [1.82, 2.24) is 19.9 Å². The Morgan fingerprint density at radius 3 is 2.04 bits per heavy atom. The molecular formula is C16H21ClN6O2S. The van der Waals surface area contributed by atoms with Gasteiger partial charge in [-0.1, -0.05) is 30.3 Å². The van der Waals surface area contributed by atoms with Gasteiger partial charge in [0.05, 0.1) is 26.4 Å². The lowest BCUT2D eigenvalue weighted by molar-refractivity contribution is 0.120. The molecule has 0 amide bonds. The van der Waals surface area contributed by atoms with Crippen LogP contribution in [0.5, 0.6) is 0 Å². The molecule has 0 N–H and O–H groups in total. The lowest BCUT2D eigenvalue weighted by atomic mass is 10.3. The topological polar surface area (TPSA) is 76.5 Å². The molecule has 2 aliphatic heterocycles. The molecule has 2 aromatic heterocycles. The molecule has 2 aliphatic rings. The zero-order chi connectivity index (χ0) is 17.9. The van der Waals surface area contributed by atoms with Gasteiger partial charge in [0.25, 0.3) is 0 Å². The van der Waals surface area contributed by atoms with Crippen molar-refractivity contribution in [2.75, 3.05) is 68.2 Å². The molecule has 26 heavy (non-hydrogen) atoms. The summed E-state index contributed by atoms with van der Waals surface area (Å²) in [6.45, 7) is 7.91. The molecule has 0 radical (unpaired) electrons. The average Bonchev–Trinajstić information content (AvgIpc) is 2.69. The Labute approximate surface area is 161 Å². The van der Waals surface area contributed by atoms with Crippen molar-refractivity contribution in [1.29, 1.82) is 0 Å². The number of halogens is 1. The summed E-state index contributed by atoms with van der Waals surface area (Å²) in [5, 5.41) is 0.979. The number of ether oxygens (including phenoxy) is 2. The molecule has 0 spiro atoms. The predicted molar refractivity (Wildman–Crippen MR) is 103 cm³/mol. The van der Waals surface area contributed by atoms with E-state index >= 15 is 0 Å². The van der Waals surface area contributed by atoms with Crippen molar-refractivity contribution in [3.63, 3.8) is 0 Å². The van der Waals surface area contributed by atoms with E-state index in [9.17, 15) is 0 Å². The highest BCUT2D eigenvalue weighted by Crippen LogP contribution is 2.31. The van der Waals surface area contributed by atoms with Gasteiger partial charge in [0, 0.05) is 26.2 Å². The number of hydrogen-bond acceptors (Lipinski definition) is 9. The van der Waals surface area contributed by atoms with Crippen LogP contribution in [-0.4, -0.2) is 78.3 Å². The number of nitrogens with zero attached hydrogens (tertiary/aromatic N) is 6. The van der Waals surface area contributed by atoms with Crippen LogP contribution < -0.4 is 9.80 Å². The van der Waals surface area contributed by atoms with Gasteiger partial charge in [0.15, 0.2) is 27.6 Å². The van der Waals surface area contributed by atoms with Crippen LogP contribution in [0, 0.1) is 0 Å². The van der Waals surface area contributed by atoms with Gasteiger partial charge in [-0.15, -0.1) is 0 Å². The SMILES string of the molecule is CCSc1nc(Cl)c2nc(N3CCOCC3)c(N3CCOCC3)nc2n1. The van der Waals surface area contributed by atoms with Gasteiger partial charge in [-0.2, -0.15) is 0 Å². The van der Waals surface area contributed by atoms with E-state index in [1.54, 1.807) is 11.8 Å². The molecule has 10 heteroatoms. The fraction of sp³-hybridized carbons (Fsp3) is 0.625. The van der Waals surface area contributed by atoms with Crippen LogP contribution in [0.4, 0.5) is 11.6 Å². The molecule has 4 rings (SSSR count). The van der Waals surface area contributed by atoms with E-state index in [1.807, 2.05) is 0 Å². The lowest BCUT2D eigenvalue weighted by Gasteiger charge is -2.34. The zero-order valence-electron chi connectivity index (χ0n) is 14.6. The van der Waals surface area contributed by atoms with E-state index < -0.39 is 0 Å². The van der Waals surface area contributed by atoms with Crippen molar-refractivity contribution in [2.24, 2.45) is 0 Å². The fourth-order valence-electron chi connectivity index (χ4n) is 3.05. The third kappa shape index (κ3) is 3.66. The molecule has 2 aromatic rings. The molecule has 0 bridgehead atoms. The maximum Gasteiger partial charge on any atom is 0.191 e. The molecule has 0 unspecified atom stereocenters. The molecule has 8 nitrogen and oxygen atoms in total. The minimum absolute atomic E-state index is 0.349. The van der Waals surface area contributed by atoms with Crippen LogP contribution in [0.3, 0.4) is 0 Å². The number of anilines is 2. The van der Waals surface area contributed by atoms with E-state index in [4.69, 9.17) is 31.0 Å². The van der Waals surface area contributed by atoms with Gasteiger partial charge in [-0.3, -0.25) is 0 Å². The molecule has 2 fully saturated rings. The Balaban J connectivity index is 1.82. The van der Waals surface area contributed by atoms with Crippen molar-refractivity contribution in [2.45, 2.75) is 12.1 Å². The summed E-state index contributed by atoms with van der Waals surface area (Å²) < 4.78 is 11.0. The molecule has 2 saturated heterocycles. The molecule has 0 saturated carbocycles. The summed E-state index contributed by atoms with van der Waals surface area (Å²) in [5.74, 6) is 2.53. The summed E-state index contributed by atoms with van der Waals surface area (Å²) >= 11 is 7.95. The van der Waals surface area contributed by atoms with Gasteiger partial charge >= 0.3 is 0 Å². The van der Waals surface area contributed by atoms with Crippen molar-refractivity contribution >= 4 is 46.2 Å². The Morgan fingerprint density at radius 2 is 1.46 bits per heavy atom. The highest BCUT2D eigenvalue weighted by molar-refractivity contribution is 7.99. The van der Waals surface area contributed by atoms with E-state index in [0.29, 0.717) is 47.9 Å². The smallest absolute Gasteiger partial charge is 0.191 e. The second kappa shape index (κ2) is 8.08. The molecule has 0 aromatic carbocycles. The highest BCUT2D eigenvalue weighted by Gasteiger charge is 2.25. The largest absolute Gasteiger partial charge is 0.378 e. The number of thioether (sulfide) groups is 1. The summed E-state index contributed by atoms with van der Waals surface area (Å²) in [6, 6.07) is 0. The van der Waals surface area contributed by atoms with Gasteiger partial charge in [-0.25, -0.2) is 19.9 Å². The Kier molecular flexibility index (Phi) is 5.58. The first-order chi connectivity index (χ1) is 12.8. The third-order valence-electron chi connectivity index (χ3n) is 4.33. The third-order valence-corrected chi connectivity index (χ3v) is 5.32. The number of aromatic nitrogens is 4. The maximum absolute atomic E-state index is 6.40. The minimum atomic E-state index is 0.349. The monoisotopic (exact) mass is 396 g/mol. The molecular weight excluding hydrogens is 376 g/mol. The summed E-state index contributed by atoms with van der Waals surface area (Å²) in [6.07, 6.45) is 0. The number of hydrogen-bond donors (Lipinski definition) is 0. The number of morpholine rings is 2. The van der Waals surface area contributed by atoms with Crippen molar-refractivity contribution in [3.8, 4) is 0 Å². The summed E-state index contributed by atoms with van der Waals surface area (Å²) in [5.41, 5.74) is 1.09. The first kappa shape index (κ1) is 18.0. The summed E-state index contributed by atoms with van der Waals surface area (Å²) in [4.78, 5) is 23.0. The van der Waals surface area contributed by atoms with Crippen molar-refractivity contribution in [3.05, 3.63) is 5.15 Å². The van der Waals surface area contributed by atoms with Gasteiger partial charge in [0.1, 0.15) is 5.52 Å². The molecule has 0 atom stereocenters. The van der Waals surface area contributed by atoms with E-state index in [0.717, 1.165) is 43.6 Å². The van der Waals surface area contributed by atoms with Crippen LogP contribution in [0.15, 0.2) is 5.16 Å². The Hall–Kier alpha value is -1.42. The van der Waals surface area contributed by atoms with Gasteiger partial charge in [-0.05, 0) is 5.75 Å². The minimum Gasteiger partial charge on any atom is -0.378 e. The fourth-order valence-corrected chi connectivity index (χ4v) is 3.87. The Bertz CT molecular complexity index is 783. The predicted octanol–water partition coefficient (Wildman–Crippen LogP) is 1.86. The summed E-state index contributed by atoms with van der Waals surface area (Å²) in [7, 11) is 0. The standard InChI is InChI=1S/C16H21ClN6O2S/c1-2-26-16-19-12(17)11-13(21-16)20-15(23-5-9-25-10-6-23)14(18-11)22-3-7-24-8-4-22/h2-10H2,1H3. The Morgan fingerprint density at radius 1 is 0.885 bits per heavy atom. The van der Waals surface area contributed by atoms with E-state index in [2.05, 4.69) is 26.7 Å². The average molecular weight is 397 g/mol. The number of rotatable bonds is 4. The quantitative estimate of drug-likeness (QED) is 0.437. The molecule has 140 valence electrons. The first-order valence-corrected chi connectivity index (χ1v) is 10.2. The van der Waals surface area contributed by atoms with E-state index in [1.165, 1.54) is 0 Å². The van der Waals surface area contributed by atoms with Crippen LogP contribution in [0.1, 0.15) is 6.92 Å². The second-order valence-electron chi connectivity index (χ2n) is 5.97. The van der Waals surface area contributed by atoms with Crippen LogP contribution in [0.25, 0.3) is 11.2 Å². The van der Waals surface area contributed by atoms with E-state index in [-0.39, 0.29) is 0 Å². The second-order valence-corrected chi connectivity index (χ2v) is 7.56. The van der Waals surface area contributed by atoms with Gasteiger partial charge < -0.3 is 19.3 Å². The maximum atomic E-state index is 6.40. The molecule has 0 aliphatic carbocycles. The lowest BCUT2D eigenvalue weighted by Crippen LogP contribution is -2.41. The van der Waals surface area contributed by atoms with Gasteiger partial charge in [0.2, 0.25) is 0 Å². The normalized spacial score (nSPS) is 18.5. The number of fused-ring (bicyclic) bond motifs is 1. The van der Waals surface area contributed by atoms with Crippen LogP contribution >= 0.6 is 23.4 Å². The van der Waals surface area contributed by atoms with Crippen molar-refractivity contribution < 1.29 is 9.47 Å². The first-order valence-electron chi connectivity index (χ1n) is 8.79. The van der Waals surface area contributed by atoms with Crippen LogP contribution in [-0.2, 0) is 9.47 Å².